The van der Waals surface area contributed by atoms with Gasteiger partial charge in [-0.15, -0.1) is 0 Å². The number of imidazole rings is 1. The van der Waals surface area contributed by atoms with Crippen LogP contribution < -0.4 is 0 Å². The van der Waals surface area contributed by atoms with Gasteiger partial charge in [0.2, 0.25) is 6.29 Å². The Morgan fingerprint density at radius 2 is 1.75 bits per heavy atom. The molecule has 0 atom stereocenters. The van der Waals surface area contributed by atoms with Gasteiger partial charge in [0.05, 0.1) is 17.8 Å². The van der Waals surface area contributed by atoms with Gasteiger partial charge in [-0.3, -0.25) is 4.79 Å². The van der Waals surface area contributed by atoms with Crippen LogP contribution in [0.1, 0.15) is 16.8 Å². The first-order chi connectivity index (χ1) is 9.69. The molecule has 99 valence electrons. The summed E-state index contributed by atoms with van der Waals surface area (Å²) < 4.78 is 1.98. The van der Waals surface area contributed by atoms with Crippen LogP contribution in [-0.4, -0.2) is 15.7 Å². The van der Waals surface area contributed by atoms with Crippen molar-refractivity contribution < 1.29 is 4.79 Å². The molecule has 0 saturated heterocycles. The van der Waals surface area contributed by atoms with Crippen LogP contribution in [-0.2, 0) is 11.2 Å². The molecule has 2 heterocycles. The molecule has 0 spiro atoms. The zero-order valence-corrected chi connectivity index (χ0v) is 11.6. The van der Waals surface area contributed by atoms with Crippen LogP contribution >= 0.6 is 0 Å². The molecular formula is C17H15N2O. The molecule has 1 radical (unpaired) electrons. The second kappa shape index (κ2) is 4.93. The topological polar surface area (TPSA) is 34.4 Å². The summed E-state index contributed by atoms with van der Waals surface area (Å²) in [6.07, 6.45) is 4.24. The molecule has 3 nitrogen and oxygen atoms in total. The minimum atomic E-state index is 0.244. The van der Waals surface area contributed by atoms with Crippen LogP contribution in [0.2, 0.25) is 0 Å². The summed E-state index contributed by atoms with van der Waals surface area (Å²) in [5, 5.41) is 0. The normalized spacial score (nSPS) is 10.9. The Bertz CT molecular complexity index is 770. The van der Waals surface area contributed by atoms with E-state index in [4.69, 9.17) is 0 Å². The van der Waals surface area contributed by atoms with Crippen LogP contribution in [0.25, 0.3) is 16.9 Å². The molecular weight excluding hydrogens is 248 g/mol. The maximum atomic E-state index is 10.9. The van der Waals surface area contributed by atoms with Gasteiger partial charge in [0.1, 0.15) is 5.65 Å². The zero-order chi connectivity index (χ0) is 14.1. The highest BCUT2D eigenvalue weighted by Crippen LogP contribution is 2.25. The molecule has 20 heavy (non-hydrogen) atoms. The number of benzene rings is 1. The van der Waals surface area contributed by atoms with Crippen LogP contribution in [0.4, 0.5) is 0 Å². The fourth-order valence-electron chi connectivity index (χ4n) is 2.38. The van der Waals surface area contributed by atoms with Crippen molar-refractivity contribution >= 4 is 11.9 Å². The van der Waals surface area contributed by atoms with Crippen molar-refractivity contribution in [3.05, 3.63) is 59.4 Å². The smallest absolute Gasteiger partial charge is 0.204 e. The number of rotatable bonds is 3. The van der Waals surface area contributed by atoms with Crippen molar-refractivity contribution in [2.75, 3.05) is 0 Å². The van der Waals surface area contributed by atoms with E-state index in [0.29, 0.717) is 0 Å². The maximum absolute atomic E-state index is 10.9. The van der Waals surface area contributed by atoms with Crippen molar-refractivity contribution in [2.24, 2.45) is 0 Å². The third kappa shape index (κ3) is 2.11. The summed E-state index contributed by atoms with van der Waals surface area (Å²) in [7, 11) is 0. The Balaban J connectivity index is 2.26. The molecule has 3 aromatic rings. The predicted octanol–water partition coefficient (Wildman–Crippen LogP) is 3.27. The summed E-state index contributed by atoms with van der Waals surface area (Å²) in [6.45, 7) is 4.08. The standard InChI is InChI=1S/C17H15N2O/c1-12-3-6-14(7-4-12)17-15(9-10-20)19-11-13(2)5-8-16(19)18-17/h3-8,11H,9H2,1-2H3. The molecule has 0 aliphatic heterocycles. The van der Waals surface area contributed by atoms with Gasteiger partial charge >= 0.3 is 0 Å². The molecule has 0 unspecified atom stereocenters. The van der Waals surface area contributed by atoms with E-state index in [9.17, 15) is 4.79 Å². The van der Waals surface area contributed by atoms with Crippen LogP contribution in [0.3, 0.4) is 0 Å². The lowest BCUT2D eigenvalue weighted by atomic mass is 10.1. The van der Waals surface area contributed by atoms with Gasteiger partial charge in [0.15, 0.2) is 0 Å². The Labute approximate surface area is 117 Å². The minimum absolute atomic E-state index is 0.244. The molecule has 0 bridgehead atoms. The van der Waals surface area contributed by atoms with Crippen LogP contribution in [0.5, 0.6) is 0 Å². The Morgan fingerprint density at radius 1 is 1.05 bits per heavy atom. The number of aromatic nitrogens is 2. The largest absolute Gasteiger partial charge is 0.303 e. The third-order valence-electron chi connectivity index (χ3n) is 3.43. The van der Waals surface area contributed by atoms with Crippen molar-refractivity contribution in [3.63, 3.8) is 0 Å². The van der Waals surface area contributed by atoms with E-state index in [0.717, 1.165) is 28.2 Å². The number of hydrogen-bond donors (Lipinski definition) is 0. The molecule has 0 aliphatic rings. The zero-order valence-electron chi connectivity index (χ0n) is 11.6. The van der Waals surface area contributed by atoms with Crippen molar-refractivity contribution in [1.82, 2.24) is 9.38 Å². The summed E-state index contributed by atoms with van der Waals surface area (Å²) in [5.41, 5.74) is 5.98. The Kier molecular flexibility index (Phi) is 3.11. The molecule has 0 amide bonds. The molecule has 0 fully saturated rings. The third-order valence-corrected chi connectivity index (χ3v) is 3.43. The highest BCUT2D eigenvalue weighted by molar-refractivity contribution is 5.71. The predicted molar refractivity (Wildman–Crippen MR) is 79.5 cm³/mol. The number of nitrogens with zero attached hydrogens (tertiary/aromatic N) is 2. The Morgan fingerprint density at radius 3 is 2.45 bits per heavy atom. The number of pyridine rings is 1. The number of aryl methyl sites for hydroxylation is 2. The molecule has 3 rings (SSSR count). The number of hydrogen-bond acceptors (Lipinski definition) is 2. The number of fused-ring (bicyclic) bond motifs is 1. The van der Waals surface area contributed by atoms with Gasteiger partial charge in [-0.25, -0.2) is 4.98 Å². The van der Waals surface area contributed by atoms with Gasteiger partial charge < -0.3 is 4.40 Å². The minimum Gasteiger partial charge on any atom is -0.303 e. The monoisotopic (exact) mass is 263 g/mol. The van der Waals surface area contributed by atoms with Crippen molar-refractivity contribution in [2.45, 2.75) is 20.3 Å². The summed E-state index contributed by atoms with van der Waals surface area (Å²) in [5.74, 6) is 0. The van der Waals surface area contributed by atoms with Crippen LogP contribution in [0.15, 0.2) is 42.6 Å². The van der Waals surface area contributed by atoms with Gasteiger partial charge in [-0.05, 0) is 25.5 Å². The van der Waals surface area contributed by atoms with Gasteiger partial charge in [0.25, 0.3) is 0 Å². The lowest BCUT2D eigenvalue weighted by Crippen LogP contribution is -1.96. The second-order valence-electron chi connectivity index (χ2n) is 5.03. The maximum Gasteiger partial charge on any atom is 0.204 e. The average molecular weight is 263 g/mol. The molecule has 0 saturated carbocycles. The quantitative estimate of drug-likeness (QED) is 0.726. The van der Waals surface area contributed by atoms with Crippen LogP contribution in [0, 0.1) is 13.8 Å². The Hall–Kier alpha value is -2.42. The van der Waals surface area contributed by atoms with Gasteiger partial charge in [-0.2, -0.15) is 0 Å². The highest BCUT2D eigenvalue weighted by atomic mass is 16.1. The molecule has 3 heteroatoms. The summed E-state index contributed by atoms with van der Waals surface area (Å²) in [4.78, 5) is 15.5. The highest BCUT2D eigenvalue weighted by Gasteiger charge is 2.13. The van der Waals surface area contributed by atoms with Crippen molar-refractivity contribution in [1.29, 1.82) is 0 Å². The first-order valence-corrected chi connectivity index (χ1v) is 6.58. The van der Waals surface area contributed by atoms with Gasteiger partial charge in [-0.1, -0.05) is 35.9 Å². The second-order valence-corrected chi connectivity index (χ2v) is 5.03. The number of carbonyl (C=O) groups excluding carboxylic acids is 1. The fourth-order valence-corrected chi connectivity index (χ4v) is 2.38. The lowest BCUT2D eigenvalue weighted by Gasteiger charge is -2.02. The van der Waals surface area contributed by atoms with E-state index >= 15 is 0 Å². The molecule has 0 N–H and O–H groups in total. The first-order valence-electron chi connectivity index (χ1n) is 6.58. The lowest BCUT2D eigenvalue weighted by molar-refractivity contribution is 0.554. The summed E-state index contributed by atoms with van der Waals surface area (Å²) in [6, 6.07) is 12.2. The van der Waals surface area contributed by atoms with E-state index in [-0.39, 0.29) is 6.42 Å². The fraction of sp³-hybridized carbons (Fsp3) is 0.176. The molecule has 1 aromatic carbocycles. The van der Waals surface area contributed by atoms with Crippen molar-refractivity contribution in [3.8, 4) is 11.3 Å². The SMILES string of the molecule is Cc1ccc(-c2nc3ccc(C)cn3c2C[C]=O)cc1. The summed E-state index contributed by atoms with van der Waals surface area (Å²) >= 11 is 0. The van der Waals surface area contributed by atoms with E-state index in [2.05, 4.69) is 24.0 Å². The first kappa shape index (κ1) is 12.6. The van der Waals surface area contributed by atoms with E-state index in [1.54, 1.807) is 0 Å². The van der Waals surface area contributed by atoms with E-state index in [1.165, 1.54) is 5.56 Å². The van der Waals surface area contributed by atoms with E-state index in [1.807, 2.05) is 48.1 Å². The molecule has 2 aromatic heterocycles. The molecule has 0 aliphatic carbocycles. The average Bonchev–Trinajstić information content (AvgIpc) is 2.79. The van der Waals surface area contributed by atoms with E-state index < -0.39 is 0 Å². The van der Waals surface area contributed by atoms with Gasteiger partial charge in [0, 0.05) is 11.8 Å².